The third-order valence-electron chi connectivity index (χ3n) is 3.29. The van der Waals surface area contributed by atoms with Gasteiger partial charge in [-0.15, -0.1) is 0 Å². The van der Waals surface area contributed by atoms with Gasteiger partial charge in [0.05, 0.1) is 27.4 Å². The predicted molar refractivity (Wildman–Crippen MR) is 83.6 cm³/mol. The predicted octanol–water partition coefficient (Wildman–Crippen LogP) is 3.41. The van der Waals surface area contributed by atoms with Crippen LogP contribution in [0.1, 0.15) is 17.2 Å². The van der Waals surface area contributed by atoms with Gasteiger partial charge in [0.15, 0.2) is 11.5 Å². The van der Waals surface area contributed by atoms with Crippen molar-refractivity contribution in [2.24, 2.45) is 5.73 Å². The molecule has 1 unspecified atom stereocenters. The van der Waals surface area contributed by atoms with Gasteiger partial charge in [-0.2, -0.15) is 0 Å². The Balaban J connectivity index is 2.44. The Labute approximate surface area is 129 Å². The number of rotatable bonds is 5. The standard InChI is InChI=1S/C16H18ClNO3/c1-19-11-6-4-5-10(7-11)16(18)12-8-14(20-2)15(21-3)9-13(12)17/h4-9,16H,18H2,1-3H3. The highest BCUT2D eigenvalue weighted by Crippen LogP contribution is 2.37. The minimum Gasteiger partial charge on any atom is -0.497 e. The van der Waals surface area contributed by atoms with E-state index in [1.165, 1.54) is 0 Å². The second-order valence-corrected chi connectivity index (χ2v) is 4.89. The Kier molecular flexibility index (Phi) is 4.94. The van der Waals surface area contributed by atoms with Gasteiger partial charge in [-0.05, 0) is 29.3 Å². The van der Waals surface area contributed by atoms with Crippen LogP contribution in [0.3, 0.4) is 0 Å². The average Bonchev–Trinajstić information content (AvgIpc) is 2.53. The van der Waals surface area contributed by atoms with E-state index >= 15 is 0 Å². The van der Waals surface area contributed by atoms with Crippen molar-refractivity contribution in [3.8, 4) is 17.2 Å². The molecule has 0 bridgehead atoms. The van der Waals surface area contributed by atoms with Gasteiger partial charge in [0.25, 0.3) is 0 Å². The molecule has 0 aliphatic carbocycles. The highest BCUT2D eigenvalue weighted by atomic mass is 35.5. The molecule has 0 saturated carbocycles. The monoisotopic (exact) mass is 307 g/mol. The molecule has 2 aromatic rings. The van der Waals surface area contributed by atoms with Gasteiger partial charge >= 0.3 is 0 Å². The largest absolute Gasteiger partial charge is 0.497 e. The molecule has 2 N–H and O–H groups in total. The van der Waals surface area contributed by atoms with E-state index in [1.54, 1.807) is 33.5 Å². The average molecular weight is 308 g/mol. The lowest BCUT2D eigenvalue weighted by atomic mass is 9.99. The second kappa shape index (κ2) is 6.70. The van der Waals surface area contributed by atoms with Crippen molar-refractivity contribution in [1.29, 1.82) is 0 Å². The lowest BCUT2D eigenvalue weighted by molar-refractivity contribution is 0.354. The highest BCUT2D eigenvalue weighted by Gasteiger charge is 2.17. The summed E-state index contributed by atoms with van der Waals surface area (Å²) in [5.74, 6) is 1.92. The van der Waals surface area contributed by atoms with Crippen LogP contribution in [0.5, 0.6) is 17.2 Å². The van der Waals surface area contributed by atoms with E-state index < -0.39 is 0 Å². The molecule has 0 heterocycles. The van der Waals surface area contributed by atoms with E-state index in [9.17, 15) is 0 Å². The molecule has 0 amide bonds. The summed E-state index contributed by atoms with van der Waals surface area (Å²) in [7, 11) is 4.76. The van der Waals surface area contributed by atoms with Crippen molar-refractivity contribution < 1.29 is 14.2 Å². The van der Waals surface area contributed by atoms with Crippen LogP contribution in [0.4, 0.5) is 0 Å². The number of hydrogen-bond acceptors (Lipinski definition) is 4. The van der Waals surface area contributed by atoms with E-state index in [0.29, 0.717) is 16.5 Å². The minimum absolute atomic E-state index is 0.382. The molecule has 112 valence electrons. The first kappa shape index (κ1) is 15.5. The van der Waals surface area contributed by atoms with Crippen molar-refractivity contribution in [2.45, 2.75) is 6.04 Å². The van der Waals surface area contributed by atoms with Crippen molar-refractivity contribution in [3.63, 3.8) is 0 Å². The number of ether oxygens (including phenoxy) is 3. The Morgan fingerprint density at radius 3 is 2.24 bits per heavy atom. The van der Waals surface area contributed by atoms with Gasteiger partial charge in [0, 0.05) is 11.1 Å². The van der Waals surface area contributed by atoms with E-state index in [4.69, 9.17) is 31.5 Å². The second-order valence-electron chi connectivity index (χ2n) is 4.48. The maximum absolute atomic E-state index is 6.32. The minimum atomic E-state index is -0.382. The Morgan fingerprint density at radius 2 is 1.62 bits per heavy atom. The normalized spacial score (nSPS) is 11.9. The highest BCUT2D eigenvalue weighted by molar-refractivity contribution is 6.31. The maximum Gasteiger partial charge on any atom is 0.162 e. The van der Waals surface area contributed by atoms with Crippen LogP contribution in [0.15, 0.2) is 36.4 Å². The quantitative estimate of drug-likeness (QED) is 0.919. The van der Waals surface area contributed by atoms with E-state index in [0.717, 1.165) is 16.9 Å². The van der Waals surface area contributed by atoms with Crippen LogP contribution in [-0.2, 0) is 0 Å². The van der Waals surface area contributed by atoms with E-state index in [2.05, 4.69) is 0 Å². The molecule has 0 aliphatic rings. The molecule has 21 heavy (non-hydrogen) atoms. The molecule has 5 heteroatoms. The number of benzene rings is 2. The van der Waals surface area contributed by atoms with Crippen molar-refractivity contribution >= 4 is 11.6 Å². The van der Waals surface area contributed by atoms with Gasteiger partial charge in [-0.3, -0.25) is 0 Å². The molecule has 0 spiro atoms. The lowest BCUT2D eigenvalue weighted by Crippen LogP contribution is -2.13. The molecule has 0 aliphatic heterocycles. The first-order valence-electron chi connectivity index (χ1n) is 6.41. The third kappa shape index (κ3) is 3.23. The van der Waals surface area contributed by atoms with Crippen LogP contribution in [0.2, 0.25) is 5.02 Å². The molecule has 4 nitrogen and oxygen atoms in total. The summed E-state index contributed by atoms with van der Waals surface area (Å²) >= 11 is 6.31. The zero-order valence-corrected chi connectivity index (χ0v) is 13.0. The number of nitrogens with two attached hydrogens (primary N) is 1. The van der Waals surface area contributed by atoms with E-state index in [1.807, 2.05) is 24.3 Å². The molecule has 1 atom stereocenters. The van der Waals surface area contributed by atoms with Crippen LogP contribution in [-0.4, -0.2) is 21.3 Å². The molecule has 0 fully saturated rings. The van der Waals surface area contributed by atoms with Gasteiger partial charge in [-0.1, -0.05) is 23.7 Å². The Bertz CT molecular complexity index is 631. The number of halogens is 1. The molecule has 0 saturated heterocycles. The van der Waals surface area contributed by atoms with Gasteiger partial charge in [-0.25, -0.2) is 0 Å². The first-order chi connectivity index (χ1) is 10.1. The van der Waals surface area contributed by atoms with Gasteiger partial charge in [0.2, 0.25) is 0 Å². The smallest absolute Gasteiger partial charge is 0.162 e. The fourth-order valence-electron chi connectivity index (χ4n) is 2.12. The Morgan fingerprint density at radius 1 is 0.952 bits per heavy atom. The molecular weight excluding hydrogens is 290 g/mol. The van der Waals surface area contributed by atoms with Crippen molar-refractivity contribution in [3.05, 3.63) is 52.5 Å². The summed E-state index contributed by atoms with van der Waals surface area (Å²) in [6, 6.07) is 10.7. The van der Waals surface area contributed by atoms with Crippen LogP contribution in [0, 0.1) is 0 Å². The molecule has 2 rings (SSSR count). The summed E-state index contributed by atoms with van der Waals surface area (Å²) < 4.78 is 15.7. The topological polar surface area (TPSA) is 53.7 Å². The summed E-state index contributed by atoms with van der Waals surface area (Å²) in [4.78, 5) is 0. The molecular formula is C16H18ClNO3. The van der Waals surface area contributed by atoms with Crippen molar-refractivity contribution in [1.82, 2.24) is 0 Å². The van der Waals surface area contributed by atoms with Gasteiger partial charge in [0.1, 0.15) is 5.75 Å². The summed E-state index contributed by atoms with van der Waals surface area (Å²) in [5.41, 5.74) is 7.99. The van der Waals surface area contributed by atoms with Crippen molar-refractivity contribution in [2.75, 3.05) is 21.3 Å². The molecule has 0 aromatic heterocycles. The third-order valence-corrected chi connectivity index (χ3v) is 3.62. The lowest BCUT2D eigenvalue weighted by Gasteiger charge is -2.17. The van der Waals surface area contributed by atoms with Gasteiger partial charge < -0.3 is 19.9 Å². The zero-order valence-electron chi connectivity index (χ0n) is 12.2. The van der Waals surface area contributed by atoms with E-state index in [-0.39, 0.29) is 6.04 Å². The summed E-state index contributed by atoms with van der Waals surface area (Å²) in [6.45, 7) is 0. The SMILES string of the molecule is COc1cccc(C(N)c2cc(OC)c(OC)cc2Cl)c1. The summed E-state index contributed by atoms with van der Waals surface area (Å²) in [5, 5.41) is 0.531. The number of hydrogen-bond donors (Lipinski definition) is 1. The maximum atomic E-state index is 6.32. The zero-order chi connectivity index (χ0) is 15.4. The molecule has 0 radical (unpaired) electrons. The fourth-order valence-corrected chi connectivity index (χ4v) is 2.39. The summed E-state index contributed by atoms with van der Waals surface area (Å²) in [6.07, 6.45) is 0. The number of methoxy groups -OCH3 is 3. The van der Waals surface area contributed by atoms with Crippen LogP contribution in [0.25, 0.3) is 0 Å². The fraction of sp³-hybridized carbons (Fsp3) is 0.250. The first-order valence-corrected chi connectivity index (χ1v) is 6.79. The Hall–Kier alpha value is -1.91. The van der Waals surface area contributed by atoms with Crippen LogP contribution >= 0.6 is 11.6 Å². The van der Waals surface area contributed by atoms with Crippen LogP contribution < -0.4 is 19.9 Å². The molecule has 2 aromatic carbocycles.